The Morgan fingerprint density at radius 1 is 1.09 bits per heavy atom. The third-order valence-electron chi connectivity index (χ3n) is 3.64. The Labute approximate surface area is 141 Å². The quantitative estimate of drug-likeness (QED) is 0.627. The van der Waals surface area contributed by atoms with Crippen LogP contribution in [0.25, 0.3) is 6.08 Å². The number of rotatable bonds is 10. The topological polar surface area (TPSA) is 41.1 Å². The van der Waals surface area contributed by atoms with Crippen LogP contribution >= 0.6 is 0 Å². The Balaban J connectivity index is 2.44. The molecular formula is C20H32N2O. The average molecular weight is 316 g/mol. The van der Waals surface area contributed by atoms with E-state index >= 15 is 0 Å². The Bertz CT molecular complexity index is 466. The van der Waals surface area contributed by atoms with Crippen molar-refractivity contribution in [2.75, 3.05) is 6.54 Å². The fourth-order valence-electron chi connectivity index (χ4n) is 2.45. The molecule has 1 aromatic carbocycles. The van der Waals surface area contributed by atoms with E-state index in [-0.39, 0.29) is 11.8 Å². The Hall–Kier alpha value is -1.61. The maximum absolute atomic E-state index is 12.3. The van der Waals surface area contributed by atoms with Crippen LogP contribution in [0.15, 0.2) is 36.4 Å². The molecule has 0 fully saturated rings. The first-order chi connectivity index (χ1) is 11.0. The van der Waals surface area contributed by atoms with Gasteiger partial charge in [0, 0.05) is 12.5 Å². The summed E-state index contributed by atoms with van der Waals surface area (Å²) in [4.78, 5) is 12.3. The van der Waals surface area contributed by atoms with Crippen molar-refractivity contribution in [3.8, 4) is 0 Å². The third kappa shape index (κ3) is 9.19. The minimum absolute atomic E-state index is 0.0649. The summed E-state index contributed by atoms with van der Waals surface area (Å²) in [5.41, 5.74) is 7.11. The maximum Gasteiger partial charge on any atom is 0.237 e. The van der Waals surface area contributed by atoms with E-state index in [1.807, 2.05) is 18.2 Å². The van der Waals surface area contributed by atoms with E-state index in [2.05, 4.69) is 62.8 Å². The van der Waals surface area contributed by atoms with Crippen LogP contribution in [-0.4, -0.2) is 12.5 Å². The fraction of sp³-hybridized carbons (Fsp3) is 0.550. The predicted molar refractivity (Wildman–Crippen MR) is 98.6 cm³/mol. The lowest BCUT2D eigenvalue weighted by atomic mass is 9.92. The van der Waals surface area contributed by atoms with Crippen LogP contribution in [0.1, 0.15) is 52.5 Å². The van der Waals surface area contributed by atoms with Crippen molar-refractivity contribution in [1.29, 1.82) is 0 Å². The smallest absolute Gasteiger partial charge is 0.237 e. The van der Waals surface area contributed by atoms with Gasteiger partial charge in [-0.2, -0.15) is 0 Å². The van der Waals surface area contributed by atoms with Crippen LogP contribution in [-0.2, 0) is 4.79 Å². The second-order valence-electron chi connectivity index (χ2n) is 6.98. The van der Waals surface area contributed by atoms with Gasteiger partial charge in [-0.3, -0.25) is 10.2 Å². The summed E-state index contributed by atoms with van der Waals surface area (Å²) in [6.45, 7) is 9.38. The van der Waals surface area contributed by atoms with Gasteiger partial charge in [0.15, 0.2) is 0 Å². The molecule has 0 saturated heterocycles. The highest BCUT2D eigenvalue weighted by Crippen LogP contribution is 2.18. The molecule has 0 spiro atoms. The van der Waals surface area contributed by atoms with Gasteiger partial charge in [0.1, 0.15) is 0 Å². The van der Waals surface area contributed by atoms with Gasteiger partial charge in [-0.15, -0.1) is 0 Å². The molecule has 1 unspecified atom stereocenters. The zero-order valence-electron chi connectivity index (χ0n) is 15.0. The van der Waals surface area contributed by atoms with E-state index in [0.29, 0.717) is 11.8 Å². The molecule has 3 nitrogen and oxygen atoms in total. The molecule has 128 valence electrons. The molecule has 0 radical (unpaired) electrons. The molecule has 23 heavy (non-hydrogen) atoms. The highest BCUT2D eigenvalue weighted by Gasteiger charge is 2.18. The molecule has 3 heteroatoms. The number of carbonyl (C=O) groups is 1. The molecular weight excluding hydrogens is 284 g/mol. The molecule has 0 heterocycles. The average Bonchev–Trinajstić information content (AvgIpc) is 2.50. The number of hydrogen-bond donors (Lipinski definition) is 2. The number of hydrogen-bond acceptors (Lipinski definition) is 2. The van der Waals surface area contributed by atoms with Gasteiger partial charge in [-0.05, 0) is 36.7 Å². The lowest BCUT2D eigenvalue weighted by Crippen LogP contribution is -2.43. The number of carbonyl (C=O) groups excluding carboxylic acids is 1. The molecule has 1 rings (SSSR count). The lowest BCUT2D eigenvalue weighted by molar-refractivity contribution is -0.126. The second kappa shape index (κ2) is 11.0. The second-order valence-corrected chi connectivity index (χ2v) is 6.98. The zero-order valence-corrected chi connectivity index (χ0v) is 15.0. The van der Waals surface area contributed by atoms with Gasteiger partial charge in [-0.25, -0.2) is 5.43 Å². The Kier molecular flexibility index (Phi) is 9.30. The zero-order chi connectivity index (χ0) is 17.1. The van der Waals surface area contributed by atoms with Crippen LogP contribution in [0.4, 0.5) is 0 Å². The number of allylic oxidation sites excluding steroid dienone is 1. The predicted octanol–water partition coefficient (Wildman–Crippen LogP) is 4.42. The Morgan fingerprint density at radius 2 is 1.78 bits per heavy atom. The van der Waals surface area contributed by atoms with Gasteiger partial charge < -0.3 is 0 Å². The molecule has 0 saturated carbocycles. The van der Waals surface area contributed by atoms with Crippen LogP contribution < -0.4 is 10.9 Å². The highest BCUT2D eigenvalue weighted by atomic mass is 16.2. The van der Waals surface area contributed by atoms with Crippen molar-refractivity contribution in [2.45, 2.75) is 47.0 Å². The largest absolute Gasteiger partial charge is 0.291 e. The first kappa shape index (κ1) is 19.4. The van der Waals surface area contributed by atoms with E-state index in [0.717, 1.165) is 25.8 Å². The number of hydrazine groups is 1. The summed E-state index contributed by atoms with van der Waals surface area (Å²) in [5.74, 6) is 1.23. The number of benzene rings is 1. The molecule has 0 aliphatic carbocycles. The summed E-state index contributed by atoms with van der Waals surface area (Å²) in [5, 5.41) is 0. The molecule has 0 aliphatic heterocycles. The molecule has 1 aromatic rings. The first-order valence-corrected chi connectivity index (χ1v) is 8.73. The van der Waals surface area contributed by atoms with E-state index in [9.17, 15) is 4.79 Å². The number of amides is 1. The van der Waals surface area contributed by atoms with Crippen molar-refractivity contribution < 1.29 is 4.79 Å². The SMILES string of the molecule is CC(C)CNNC(=O)C(CCC=Cc1ccccc1)CC(C)C. The Morgan fingerprint density at radius 3 is 2.39 bits per heavy atom. The van der Waals surface area contributed by atoms with Crippen LogP contribution in [0.3, 0.4) is 0 Å². The summed E-state index contributed by atoms with van der Waals surface area (Å²) in [7, 11) is 0. The van der Waals surface area contributed by atoms with Crippen molar-refractivity contribution >= 4 is 12.0 Å². The summed E-state index contributed by atoms with van der Waals surface area (Å²) in [6, 6.07) is 10.3. The van der Waals surface area contributed by atoms with Gasteiger partial charge in [0.25, 0.3) is 0 Å². The van der Waals surface area contributed by atoms with Crippen molar-refractivity contribution in [3.63, 3.8) is 0 Å². The van der Waals surface area contributed by atoms with Crippen molar-refractivity contribution in [2.24, 2.45) is 17.8 Å². The van der Waals surface area contributed by atoms with E-state index < -0.39 is 0 Å². The lowest BCUT2D eigenvalue weighted by Gasteiger charge is -2.19. The molecule has 1 amide bonds. The van der Waals surface area contributed by atoms with Crippen molar-refractivity contribution in [1.82, 2.24) is 10.9 Å². The molecule has 0 bridgehead atoms. The summed E-state index contributed by atoms with van der Waals surface area (Å²) >= 11 is 0. The van der Waals surface area contributed by atoms with E-state index in [4.69, 9.17) is 0 Å². The van der Waals surface area contributed by atoms with Gasteiger partial charge in [0.2, 0.25) is 5.91 Å². The standard InChI is InChI=1S/C20H32N2O/c1-16(2)14-19(20(23)22-21-15-17(3)4)13-9-8-12-18-10-6-5-7-11-18/h5-8,10-12,16-17,19,21H,9,13-15H2,1-4H3,(H,22,23). The molecule has 0 aromatic heterocycles. The fourth-order valence-corrected chi connectivity index (χ4v) is 2.45. The van der Waals surface area contributed by atoms with E-state index in [1.54, 1.807) is 0 Å². The van der Waals surface area contributed by atoms with Gasteiger partial charge in [0.05, 0.1) is 0 Å². The summed E-state index contributed by atoms with van der Waals surface area (Å²) in [6.07, 6.45) is 7.02. The van der Waals surface area contributed by atoms with E-state index in [1.165, 1.54) is 5.56 Å². The molecule has 2 N–H and O–H groups in total. The van der Waals surface area contributed by atoms with Gasteiger partial charge in [-0.1, -0.05) is 70.2 Å². The molecule has 0 aliphatic rings. The first-order valence-electron chi connectivity index (χ1n) is 8.73. The maximum atomic E-state index is 12.3. The monoisotopic (exact) mass is 316 g/mol. The van der Waals surface area contributed by atoms with Crippen LogP contribution in [0.2, 0.25) is 0 Å². The normalized spacial score (nSPS) is 13.0. The van der Waals surface area contributed by atoms with Crippen molar-refractivity contribution in [3.05, 3.63) is 42.0 Å². The van der Waals surface area contributed by atoms with Gasteiger partial charge >= 0.3 is 0 Å². The van der Waals surface area contributed by atoms with Crippen LogP contribution in [0.5, 0.6) is 0 Å². The van der Waals surface area contributed by atoms with Crippen LogP contribution in [0, 0.1) is 17.8 Å². The number of nitrogens with one attached hydrogen (secondary N) is 2. The highest BCUT2D eigenvalue weighted by molar-refractivity contribution is 5.78. The molecule has 1 atom stereocenters. The summed E-state index contributed by atoms with van der Waals surface area (Å²) < 4.78 is 0. The minimum atomic E-state index is 0.0649. The minimum Gasteiger partial charge on any atom is -0.291 e. The third-order valence-corrected chi connectivity index (χ3v) is 3.64.